The summed E-state index contributed by atoms with van der Waals surface area (Å²) in [5.74, 6) is -2.62. The molecule has 0 amide bonds. The van der Waals surface area contributed by atoms with Crippen molar-refractivity contribution in [2.24, 2.45) is 11.1 Å². The summed E-state index contributed by atoms with van der Waals surface area (Å²) in [6.45, 7) is 3.84. The van der Waals surface area contributed by atoms with E-state index < -0.39 is 23.0 Å². The molecule has 0 saturated carbocycles. The van der Waals surface area contributed by atoms with Crippen LogP contribution in [0.5, 0.6) is 0 Å². The average Bonchev–Trinajstić information content (AvgIpc) is 2.68. The summed E-state index contributed by atoms with van der Waals surface area (Å²) >= 11 is 0. The van der Waals surface area contributed by atoms with Crippen LogP contribution in [0.1, 0.15) is 38.2 Å². The maximum atomic E-state index is 14.7. The van der Waals surface area contributed by atoms with Crippen molar-refractivity contribution in [3.8, 4) is 6.07 Å². The Morgan fingerprint density at radius 3 is 2.50 bits per heavy atom. The van der Waals surface area contributed by atoms with Gasteiger partial charge in [-0.1, -0.05) is 26.0 Å². The molecule has 1 aliphatic heterocycles. The number of pyridine rings is 1. The minimum Gasteiger partial charge on any atom is -0.384 e. The van der Waals surface area contributed by atoms with Crippen LogP contribution in [0.15, 0.2) is 65.4 Å². The SMILES string of the molecule is CC1(C)CC(=O)C2=C(C1)N(c1c(F)cccc1F)C(N)=C(C#N)[C@H]2c1cccnc1. The van der Waals surface area contributed by atoms with E-state index in [1.54, 1.807) is 24.5 Å². The normalized spacial score (nSPS) is 20.8. The van der Waals surface area contributed by atoms with Gasteiger partial charge in [0.15, 0.2) is 5.78 Å². The van der Waals surface area contributed by atoms with Crippen LogP contribution < -0.4 is 10.6 Å². The number of carbonyl (C=O) groups is 1. The minimum absolute atomic E-state index is 0.0671. The van der Waals surface area contributed by atoms with Gasteiger partial charge in [-0.05, 0) is 35.6 Å². The molecule has 30 heavy (non-hydrogen) atoms. The van der Waals surface area contributed by atoms with Gasteiger partial charge in [-0.15, -0.1) is 0 Å². The Bertz CT molecular complexity index is 1130. The van der Waals surface area contributed by atoms with Gasteiger partial charge in [0.25, 0.3) is 0 Å². The molecular weight excluding hydrogens is 386 g/mol. The first-order valence-electron chi connectivity index (χ1n) is 9.55. The van der Waals surface area contributed by atoms with Gasteiger partial charge in [-0.2, -0.15) is 5.26 Å². The fraction of sp³-hybridized carbons (Fsp3) is 0.261. The lowest BCUT2D eigenvalue weighted by molar-refractivity contribution is -0.118. The molecule has 0 fully saturated rings. The monoisotopic (exact) mass is 406 g/mol. The molecule has 0 bridgehead atoms. The molecule has 2 N–H and O–H groups in total. The zero-order chi connectivity index (χ0) is 21.6. The highest BCUT2D eigenvalue weighted by atomic mass is 19.1. The van der Waals surface area contributed by atoms with Crippen LogP contribution in [0.25, 0.3) is 0 Å². The number of rotatable bonds is 2. The number of aromatic nitrogens is 1. The highest BCUT2D eigenvalue weighted by Gasteiger charge is 2.45. The number of hydrogen-bond acceptors (Lipinski definition) is 5. The summed E-state index contributed by atoms with van der Waals surface area (Å²) in [5.41, 5.74) is 7.00. The number of nitrogens with two attached hydrogens (primary N) is 1. The first-order valence-corrected chi connectivity index (χ1v) is 9.55. The molecule has 4 rings (SSSR count). The highest BCUT2D eigenvalue weighted by molar-refractivity contribution is 6.01. The van der Waals surface area contributed by atoms with Gasteiger partial charge in [-0.3, -0.25) is 14.7 Å². The molecular formula is C23H20F2N4O. The first-order chi connectivity index (χ1) is 14.2. The maximum absolute atomic E-state index is 14.7. The molecule has 152 valence electrons. The van der Waals surface area contributed by atoms with Crippen LogP contribution in [0.3, 0.4) is 0 Å². The maximum Gasteiger partial charge on any atom is 0.162 e. The zero-order valence-electron chi connectivity index (χ0n) is 16.6. The number of halogens is 2. The van der Waals surface area contributed by atoms with Crippen molar-refractivity contribution in [1.82, 2.24) is 4.98 Å². The molecule has 1 aliphatic carbocycles. The number of carbonyl (C=O) groups excluding carboxylic acids is 1. The molecule has 5 nitrogen and oxygen atoms in total. The molecule has 2 aliphatic rings. The van der Waals surface area contributed by atoms with Crippen LogP contribution in [0.4, 0.5) is 14.5 Å². The highest BCUT2D eigenvalue weighted by Crippen LogP contribution is 2.50. The summed E-state index contributed by atoms with van der Waals surface area (Å²) in [5, 5.41) is 9.92. The number of nitrogens with zero attached hydrogens (tertiary/aromatic N) is 3. The van der Waals surface area contributed by atoms with Crippen LogP contribution >= 0.6 is 0 Å². The van der Waals surface area contributed by atoms with E-state index in [9.17, 15) is 18.8 Å². The van der Waals surface area contributed by atoms with Gasteiger partial charge in [0.2, 0.25) is 0 Å². The Morgan fingerprint density at radius 1 is 1.20 bits per heavy atom. The molecule has 0 radical (unpaired) electrons. The van der Waals surface area contributed by atoms with Crippen molar-refractivity contribution in [3.63, 3.8) is 0 Å². The second-order valence-electron chi connectivity index (χ2n) is 8.34. The number of ketones is 1. The van der Waals surface area contributed by atoms with Crippen molar-refractivity contribution in [3.05, 3.63) is 82.6 Å². The lowest BCUT2D eigenvalue weighted by atomic mass is 9.68. The Kier molecular flexibility index (Phi) is 4.65. The Balaban J connectivity index is 2.05. The van der Waals surface area contributed by atoms with Gasteiger partial charge in [0, 0.05) is 30.1 Å². The van der Waals surface area contributed by atoms with Gasteiger partial charge in [-0.25, -0.2) is 8.78 Å². The van der Waals surface area contributed by atoms with Gasteiger partial charge < -0.3 is 5.73 Å². The topological polar surface area (TPSA) is 83.0 Å². The smallest absolute Gasteiger partial charge is 0.162 e. The molecule has 0 saturated heterocycles. The predicted molar refractivity (Wildman–Crippen MR) is 108 cm³/mol. The van der Waals surface area contributed by atoms with Crippen LogP contribution in [0.2, 0.25) is 0 Å². The van der Waals surface area contributed by atoms with Crippen molar-refractivity contribution >= 4 is 11.5 Å². The average molecular weight is 406 g/mol. The van der Waals surface area contributed by atoms with Crippen LogP contribution in [-0.4, -0.2) is 10.8 Å². The summed E-state index contributed by atoms with van der Waals surface area (Å²) in [4.78, 5) is 18.6. The van der Waals surface area contributed by atoms with E-state index in [2.05, 4.69) is 11.1 Å². The van der Waals surface area contributed by atoms with E-state index in [1.807, 2.05) is 13.8 Å². The first kappa shape index (κ1) is 19.8. The van der Waals surface area contributed by atoms with Gasteiger partial charge >= 0.3 is 0 Å². The van der Waals surface area contributed by atoms with Gasteiger partial charge in [0.05, 0.1) is 17.6 Å². The second kappa shape index (κ2) is 7.06. The molecule has 0 unspecified atom stereocenters. The number of benzene rings is 1. The third kappa shape index (κ3) is 3.05. The van der Waals surface area contributed by atoms with Crippen LogP contribution in [0, 0.1) is 28.4 Å². The number of para-hydroxylation sites is 1. The number of allylic oxidation sites excluding steroid dienone is 3. The van der Waals surface area contributed by atoms with E-state index in [0.717, 1.165) is 12.1 Å². The second-order valence-corrected chi connectivity index (χ2v) is 8.34. The molecule has 0 spiro atoms. The zero-order valence-corrected chi connectivity index (χ0v) is 16.6. The fourth-order valence-corrected chi connectivity index (χ4v) is 4.35. The number of anilines is 1. The predicted octanol–water partition coefficient (Wildman–Crippen LogP) is 4.30. The third-order valence-electron chi connectivity index (χ3n) is 5.56. The molecule has 2 aromatic rings. The lowest BCUT2D eigenvalue weighted by Crippen LogP contribution is -2.42. The largest absolute Gasteiger partial charge is 0.384 e. The van der Waals surface area contributed by atoms with E-state index in [1.165, 1.54) is 11.0 Å². The van der Waals surface area contributed by atoms with Crippen molar-refractivity contribution in [1.29, 1.82) is 5.26 Å². The summed E-state index contributed by atoms with van der Waals surface area (Å²) in [6.07, 6.45) is 3.80. The molecule has 7 heteroatoms. The Labute approximate surface area is 173 Å². The summed E-state index contributed by atoms with van der Waals surface area (Å²) in [6, 6.07) is 9.05. The van der Waals surface area contributed by atoms with Crippen molar-refractivity contribution in [2.75, 3.05) is 4.90 Å². The Morgan fingerprint density at radius 2 is 1.90 bits per heavy atom. The van der Waals surface area contributed by atoms with Crippen LogP contribution in [-0.2, 0) is 4.79 Å². The minimum atomic E-state index is -0.822. The summed E-state index contributed by atoms with van der Waals surface area (Å²) in [7, 11) is 0. The molecule has 2 heterocycles. The molecule has 1 aromatic heterocycles. The van der Waals surface area contributed by atoms with E-state index in [-0.39, 0.29) is 29.3 Å². The summed E-state index contributed by atoms with van der Waals surface area (Å²) < 4.78 is 29.5. The quantitative estimate of drug-likeness (QED) is 0.804. The molecule has 1 aromatic carbocycles. The molecule has 1 atom stereocenters. The number of nitriles is 1. The van der Waals surface area contributed by atoms with E-state index in [0.29, 0.717) is 23.3 Å². The third-order valence-corrected chi connectivity index (χ3v) is 5.56. The Hall–Kier alpha value is -3.53. The van der Waals surface area contributed by atoms with Crippen molar-refractivity contribution < 1.29 is 13.6 Å². The van der Waals surface area contributed by atoms with E-state index in [4.69, 9.17) is 5.73 Å². The number of hydrogen-bond donors (Lipinski definition) is 1. The van der Waals surface area contributed by atoms with E-state index >= 15 is 0 Å². The lowest BCUT2D eigenvalue weighted by Gasteiger charge is -2.43. The van der Waals surface area contributed by atoms with Gasteiger partial charge in [0.1, 0.15) is 23.1 Å². The fourth-order valence-electron chi connectivity index (χ4n) is 4.35. The standard InChI is InChI=1S/C23H20F2N4O/c1-23(2)9-17-20(18(30)10-23)19(13-5-4-8-28-12-13)14(11-26)22(27)29(17)21-15(24)6-3-7-16(21)25/h3-8,12,19H,9-10,27H2,1-2H3/t19-/m1/s1. The van der Waals surface area contributed by atoms with Crippen molar-refractivity contribution in [2.45, 2.75) is 32.6 Å². The number of Topliss-reactive ketones (excluding diaryl/α,β-unsaturated/α-hetero) is 1.